The summed E-state index contributed by atoms with van der Waals surface area (Å²) < 4.78 is 29.1. The van der Waals surface area contributed by atoms with Crippen molar-refractivity contribution in [2.24, 2.45) is 41.5 Å². The Bertz CT molecular complexity index is 957. The van der Waals surface area contributed by atoms with Crippen LogP contribution in [0.1, 0.15) is 12.1 Å². The van der Waals surface area contributed by atoms with Crippen LogP contribution in [-0.2, 0) is 16.9 Å². The van der Waals surface area contributed by atoms with E-state index in [0.717, 1.165) is 0 Å². The Balaban J connectivity index is 1.66. The third-order valence-corrected chi connectivity index (χ3v) is 9.98. The average molecular weight is 307 g/mol. The summed E-state index contributed by atoms with van der Waals surface area (Å²) in [6.45, 7) is 0. The van der Waals surface area contributed by atoms with E-state index in [0.29, 0.717) is 23.7 Å². The minimum atomic E-state index is -3.04. The molecule has 4 heterocycles. The number of hydrogen-bond acceptors (Lipinski definition) is 4. The van der Waals surface area contributed by atoms with E-state index in [-0.39, 0.29) is 45.8 Å². The molecule has 0 aromatic carbocycles. The van der Waals surface area contributed by atoms with Gasteiger partial charge < -0.3 is 0 Å². The predicted molar refractivity (Wildman–Crippen MR) is 69.5 cm³/mol. The molecular weight excluding hydrogens is 294 g/mol. The summed E-state index contributed by atoms with van der Waals surface area (Å²) in [5, 5.41) is 0. The lowest BCUT2D eigenvalue weighted by atomic mass is 9.06. The largest absolute Gasteiger partial charge is 0.347 e. The molecule has 1 aromatic heterocycles. The molecular formula is C13H13N3O4S. The minimum Gasteiger partial charge on any atom is -0.246 e. The highest BCUT2D eigenvalue weighted by Gasteiger charge is 3.05. The van der Waals surface area contributed by atoms with E-state index < -0.39 is 9.84 Å². The Hall–Kier alpha value is -1.31. The molecule has 2 spiro atoms. The number of aromatic nitrogens is 3. The van der Waals surface area contributed by atoms with Crippen molar-refractivity contribution in [1.29, 1.82) is 0 Å². The maximum Gasteiger partial charge on any atom is 0.347 e. The number of sulfone groups is 1. The van der Waals surface area contributed by atoms with Crippen molar-refractivity contribution in [3.8, 4) is 0 Å². The van der Waals surface area contributed by atoms with E-state index in [1.54, 1.807) is 9.36 Å². The first-order chi connectivity index (χ1) is 9.88. The molecule has 4 aliphatic carbocycles. The van der Waals surface area contributed by atoms with Gasteiger partial charge in [-0.2, -0.15) is 0 Å². The summed E-state index contributed by atoms with van der Waals surface area (Å²) in [7, 11) is -1.52. The number of nitrogens with zero attached hydrogens (tertiary/aromatic N) is 3. The van der Waals surface area contributed by atoms with Crippen molar-refractivity contribution in [3.05, 3.63) is 21.0 Å². The van der Waals surface area contributed by atoms with E-state index in [1.165, 1.54) is 11.6 Å². The number of hydrogen-bond donors (Lipinski definition) is 0. The lowest BCUT2D eigenvalue weighted by Crippen LogP contribution is -3.00. The van der Waals surface area contributed by atoms with E-state index >= 15 is 0 Å². The minimum absolute atomic E-state index is 0.0406. The smallest absolute Gasteiger partial charge is 0.246 e. The van der Waals surface area contributed by atoms with Crippen molar-refractivity contribution >= 4 is 9.84 Å². The molecule has 5 fully saturated rings. The molecule has 8 heteroatoms. The highest BCUT2D eigenvalue weighted by molar-refractivity contribution is 7.91. The van der Waals surface area contributed by atoms with Crippen LogP contribution >= 0.6 is 0 Å². The van der Waals surface area contributed by atoms with Crippen molar-refractivity contribution in [2.45, 2.75) is 12.1 Å². The van der Waals surface area contributed by atoms with Gasteiger partial charge in [0.1, 0.15) is 0 Å². The van der Waals surface area contributed by atoms with Crippen LogP contribution in [0.5, 0.6) is 0 Å². The molecule has 0 unspecified atom stereocenters. The standard InChI is InChI=1S/C13H13N3O4S/c1-14-10(17)15-8-4-5-7-6(4)12(8)2-21(19,20)3-13(7,12)9(5)16(15)11(14)18/h4-9H,2-3H2,1H3/t4-,5-,6-,7+,8+,9-,12+,13-/m0/s1. The van der Waals surface area contributed by atoms with E-state index in [1.807, 2.05) is 0 Å². The Labute approximate surface area is 119 Å². The second-order valence-electron chi connectivity index (χ2n) is 8.02. The maximum absolute atomic E-state index is 12.4. The van der Waals surface area contributed by atoms with Crippen LogP contribution in [0.15, 0.2) is 9.59 Å². The second kappa shape index (κ2) is 2.19. The molecule has 3 aliphatic heterocycles. The molecule has 0 N–H and O–H groups in total. The lowest BCUT2D eigenvalue weighted by molar-refractivity contribution is -0.533. The van der Waals surface area contributed by atoms with Gasteiger partial charge in [0.05, 0.1) is 23.6 Å². The third-order valence-electron chi connectivity index (χ3n) is 8.14. The van der Waals surface area contributed by atoms with Gasteiger partial charge in [-0.05, 0) is 23.7 Å². The zero-order valence-corrected chi connectivity index (χ0v) is 12.1. The first kappa shape index (κ1) is 10.4. The summed E-state index contributed by atoms with van der Waals surface area (Å²) in [5.74, 6) is 2.40. The molecule has 1 saturated heterocycles. The highest BCUT2D eigenvalue weighted by Crippen LogP contribution is 3.03. The van der Waals surface area contributed by atoms with Gasteiger partial charge in [0.2, 0.25) is 0 Å². The quantitative estimate of drug-likeness (QED) is 0.576. The molecule has 4 saturated carbocycles. The molecule has 21 heavy (non-hydrogen) atoms. The Morgan fingerprint density at radius 2 is 1.38 bits per heavy atom. The van der Waals surface area contributed by atoms with Gasteiger partial charge in [0.25, 0.3) is 0 Å². The normalized spacial score (nSPS) is 60.8. The van der Waals surface area contributed by atoms with Crippen LogP contribution in [0.25, 0.3) is 0 Å². The maximum atomic E-state index is 12.4. The number of rotatable bonds is 0. The molecule has 7 aliphatic rings. The van der Waals surface area contributed by atoms with Gasteiger partial charge in [0.15, 0.2) is 9.84 Å². The van der Waals surface area contributed by atoms with Gasteiger partial charge in [-0.3, -0.25) is 0 Å². The first-order valence-corrected chi connectivity index (χ1v) is 9.31. The van der Waals surface area contributed by atoms with Crippen molar-refractivity contribution < 1.29 is 8.42 Å². The van der Waals surface area contributed by atoms with E-state index in [4.69, 9.17) is 0 Å². The fourth-order valence-electron chi connectivity index (χ4n) is 8.13. The Kier molecular flexibility index (Phi) is 1.09. The fourth-order valence-corrected chi connectivity index (χ4v) is 10.9. The van der Waals surface area contributed by atoms with Crippen LogP contribution in [0.3, 0.4) is 0 Å². The average Bonchev–Trinajstić information content (AvgIpc) is 2.76. The van der Waals surface area contributed by atoms with Crippen LogP contribution in [0.2, 0.25) is 0 Å². The molecule has 7 nitrogen and oxygen atoms in total. The van der Waals surface area contributed by atoms with E-state index in [9.17, 15) is 18.0 Å². The third kappa shape index (κ3) is 0.569. The van der Waals surface area contributed by atoms with Crippen LogP contribution < -0.4 is 11.4 Å². The summed E-state index contributed by atoms with van der Waals surface area (Å²) >= 11 is 0. The van der Waals surface area contributed by atoms with Gasteiger partial charge in [-0.15, -0.1) is 0 Å². The summed E-state index contributed by atoms with van der Waals surface area (Å²) in [5.41, 5.74) is -0.958. The van der Waals surface area contributed by atoms with Gasteiger partial charge in [-0.1, -0.05) is 0 Å². The second-order valence-corrected chi connectivity index (χ2v) is 10.1. The Morgan fingerprint density at radius 1 is 0.952 bits per heavy atom. The van der Waals surface area contributed by atoms with E-state index in [2.05, 4.69) is 0 Å². The molecule has 8 rings (SSSR count). The molecule has 0 radical (unpaired) electrons. The van der Waals surface area contributed by atoms with Crippen LogP contribution in [0.4, 0.5) is 0 Å². The van der Waals surface area contributed by atoms with Crippen molar-refractivity contribution in [3.63, 3.8) is 0 Å². The molecule has 1 aromatic rings. The van der Waals surface area contributed by atoms with Gasteiger partial charge in [0, 0.05) is 17.9 Å². The summed E-state index contributed by atoms with van der Waals surface area (Å²) in [6.07, 6.45) is 0. The van der Waals surface area contributed by atoms with Crippen molar-refractivity contribution in [1.82, 2.24) is 13.9 Å². The SMILES string of the molecule is Cn1c(=O)n2n(c1=O)[C@@H]1[C@H]3[C@H]4[C@@H]5[C@H]3[C@]13CS(=O)(=O)C[C@@]53[C@H]42. The van der Waals surface area contributed by atoms with Crippen LogP contribution in [0, 0.1) is 34.5 Å². The van der Waals surface area contributed by atoms with Gasteiger partial charge in [-0.25, -0.2) is 31.9 Å². The molecule has 0 amide bonds. The monoisotopic (exact) mass is 307 g/mol. The lowest BCUT2D eigenvalue weighted by Gasteiger charge is -2.99. The Morgan fingerprint density at radius 3 is 1.81 bits per heavy atom. The molecule has 2 bridgehead atoms. The first-order valence-electron chi connectivity index (χ1n) is 7.49. The van der Waals surface area contributed by atoms with Crippen LogP contribution in [-0.4, -0.2) is 33.9 Å². The summed E-state index contributed by atoms with van der Waals surface area (Å²) in [4.78, 5) is 24.8. The van der Waals surface area contributed by atoms with Gasteiger partial charge >= 0.3 is 11.4 Å². The molecule has 8 atom stereocenters. The fraction of sp³-hybridized carbons (Fsp3) is 0.846. The predicted octanol–water partition coefficient (Wildman–Crippen LogP) is -1.64. The zero-order chi connectivity index (χ0) is 14.3. The highest BCUT2D eigenvalue weighted by atomic mass is 32.2. The van der Waals surface area contributed by atoms with Crippen molar-refractivity contribution in [2.75, 3.05) is 11.5 Å². The zero-order valence-electron chi connectivity index (χ0n) is 11.3. The summed E-state index contributed by atoms with van der Waals surface area (Å²) in [6, 6.07) is -0.0812. The topological polar surface area (TPSA) is 83.1 Å². The molecule has 110 valence electrons.